The summed E-state index contributed by atoms with van der Waals surface area (Å²) in [5.41, 5.74) is 3.21. The number of benzene rings is 2. The number of carbonyl (C=O) groups excluding carboxylic acids is 1. The van der Waals surface area contributed by atoms with E-state index in [-0.39, 0.29) is 22.8 Å². The van der Waals surface area contributed by atoms with Crippen molar-refractivity contribution in [1.82, 2.24) is 30.3 Å². The van der Waals surface area contributed by atoms with Crippen LogP contribution in [0.3, 0.4) is 0 Å². The number of nitrogens with zero attached hydrogens (tertiary/aromatic N) is 4. The van der Waals surface area contributed by atoms with Gasteiger partial charge in [0.25, 0.3) is 0 Å². The van der Waals surface area contributed by atoms with E-state index in [9.17, 15) is 9.18 Å². The number of H-pyrrole nitrogens is 1. The molecule has 2 amide bonds. The number of nitrogens with one attached hydrogen (secondary N) is 2. The van der Waals surface area contributed by atoms with Crippen molar-refractivity contribution in [3.8, 4) is 11.4 Å². The Hall–Kier alpha value is -3.72. The van der Waals surface area contributed by atoms with E-state index in [2.05, 4.69) is 25.4 Å². The minimum Gasteiger partial charge on any atom is -0.347 e. The fourth-order valence-electron chi connectivity index (χ4n) is 3.67. The summed E-state index contributed by atoms with van der Waals surface area (Å²) in [4.78, 5) is 26.6. The van der Waals surface area contributed by atoms with E-state index in [1.54, 1.807) is 11.2 Å². The number of fused-ring (bicyclic) bond motifs is 1. The first kappa shape index (κ1) is 20.2. The first-order valence-electron chi connectivity index (χ1n) is 9.97. The smallest absolute Gasteiger partial charge is 0.318 e. The minimum atomic E-state index is -0.529. The lowest BCUT2D eigenvalue weighted by Gasteiger charge is -2.32. The van der Waals surface area contributed by atoms with Crippen molar-refractivity contribution in [3.63, 3.8) is 0 Å². The molecule has 1 aliphatic rings. The van der Waals surface area contributed by atoms with Crippen molar-refractivity contribution in [3.05, 3.63) is 88.5 Å². The fraction of sp³-hybridized carbons (Fsp3) is 0.182. The largest absolute Gasteiger partial charge is 0.347 e. The van der Waals surface area contributed by atoms with Crippen molar-refractivity contribution in [2.45, 2.75) is 25.6 Å². The maximum absolute atomic E-state index is 13.5. The lowest BCUT2D eigenvalue weighted by atomic mass is 10.0. The van der Waals surface area contributed by atoms with Gasteiger partial charge < -0.3 is 19.7 Å². The summed E-state index contributed by atoms with van der Waals surface area (Å²) < 4.78 is 19.0. The highest BCUT2D eigenvalue weighted by Gasteiger charge is 2.36. The number of aromatic nitrogens is 4. The third kappa shape index (κ3) is 3.94. The third-order valence-corrected chi connectivity index (χ3v) is 5.64. The van der Waals surface area contributed by atoms with Crippen molar-refractivity contribution in [2.24, 2.45) is 0 Å². The number of halogens is 2. The molecule has 4 aromatic rings. The van der Waals surface area contributed by atoms with E-state index >= 15 is 0 Å². The van der Waals surface area contributed by atoms with Gasteiger partial charge in [-0.1, -0.05) is 47.1 Å². The zero-order chi connectivity index (χ0) is 22.1. The number of urea groups is 1. The van der Waals surface area contributed by atoms with E-state index in [0.717, 1.165) is 17.0 Å². The van der Waals surface area contributed by atoms with Crippen molar-refractivity contribution in [2.75, 3.05) is 0 Å². The van der Waals surface area contributed by atoms with Crippen molar-refractivity contribution in [1.29, 1.82) is 0 Å². The standard InChI is InChI=1S/C22H18ClFN6O2/c23-15-8-14(6-7-16(15)24)20-28-21(32-29-20)19-9-17-18(27-12-26-17)11-30(19)22(31)25-10-13-4-2-1-3-5-13/h1-8,12,19H,9-11H2,(H,25,31)(H,26,27). The second-order valence-electron chi connectivity index (χ2n) is 7.41. The minimum absolute atomic E-state index is 0.0328. The average Bonchev–Trinajstić information content (AvgIpc) is 3.48. The molecule has 2 aromatic heterocycles. The van der Waals surface area contributed by atoms with Crippen LogP contribution in [0.4, 0.5) is 9.18 Å². The van der Waals surface area contributed by atoms with Gasteiger partial charge >= 0.3 is 6.03 Å². The van der Waals surface area contributed by atoms with Crippen LogP contribution >= 0.6 is 11.6 Å². The molecule has 2 aromatic carbocycles. The average molecular weight is 453 g/mol. The summed E-state index contributed by atoms with van der Waals surface area (Å²) in [6, 6.07) is 13.1. The van der Waals surface area contributed by atoms with Gasteiger partial charge in [0.2, 0.25) is 11.7 Å². The number of imidazole rings is 1. The molecule has 162 valence electrons. The monoisotopic (exact) mass is 452 g/mol. The first-order valence-corrected chi connectivity index (χ1v) is 10.3. The van der Waals surface area contributed by atoms with Gasteiger partial charge in [0.1, 0.15) is 11.9 Å². The van der Waals surface area contributed by atoms with Gasteiger partial charge in [-0.25, -0.2) is 14.2 Å². The Morgan fingerprint density at radius 1 is 1.28 bits per heavy atom. The zero-order valence-corrected chi connectivity index (χ0v) is 17.5. The molecule has 8 nitrogen and oxygen atoms in total. The van der Waals surface area contributed by atoms with Crippen LogP contribution in [0.25, 0.3) is 11.4 Å². The number of aromatic amines is 1. The molecule has 32 heavy (non-hydrogen) atoms. The van der Waals surface area contributed by atoms with Crippen LogP contribution in [-0.4, -0.2) is 31.0 Å². The maximum atomic E-state index is 13.5. The van der Waals surface area contributed by atoms with Gasteiger partial charge in [0, 0.05) is 18.5 Å². The Morgan fingerprint density at radius 2 is 2.12 bits per heavy atom. The van der Waals surface area contributed by atoms with Crippen LogP contribution in [-0.2, 0) is 19.5 Å². The van der Waals surface area contributed by atoms with Crippen LogP contribution < -0.4 is 5.32 Å². The van der Waals surface area contributed by atoms with Gasteiger partial charge in [-0.3, -0.25) is 0 Å². The number of rotatable bonds is 4. The Bertz CT molecular complexity index is 1260. The molecular formula is C22H18ClFN6O2. The SMILES string of the molecule is O=C(NCc1ccccc1)N1Cc2[nH]cnc2CC1c1nc(-c2ccc(F)c(Cl)c2)no1. The molecule has 0 aliphatic carbocycles. The van der Waals surface area contributed by atoms with Crippen LogP contribution in [0.1, 0.15) is 28.9 Å². The molecule has 0 bridgehead atoms. The number of hydrogen-bond acceptors (Lipinski definition) is 5. The number of amides is 2. The molecule has 5 rings (SSSR count). The Morgan fingerprint density at radius 3 is 2.94 bits per heavy atom. The Balaban J connectivity index is 1.41. The summed E-state index contributed by atoms with van der Waals surface area (Å²) in [5.74, 6) is 0.00191. The van der Waals surface area contributed by atoms with Gasteiger partial charge in [0.15, 0.2) is 0 Å². The van der Waals surface area contributed by atoms with Gasteiger partial charge in [-0.05, 0) is 23.8 Å². The highest BCUT2D eigenvalue weighted by atomic mass is 35.5. The molecule has 0 saturated carbocycles. The summed E-state index contributed by atoms with van der Waals surface area (Å²) in [5, 5.41) is 6.92. The van der Waals surface area contributed by atoms with E-state index in [1.165, 1.54) is 18.2 Å². The lowest BCUT2D eigenvalue weighted by Crippen LogP contribution is -2.44. The summed E-state index contributed by atoms with van der Waals surface area (Å²) in [7, 11) is 0. The normalized spacial score (nSPS) is 15.4. The molecule has 10 heteroatoms. The third-order valence-electron chi connectivity index (χ3n) is 5.35. The number of hydrogen-bond donors (Lipinski definition) is 2. The van der Waals surface area contributed by atoms with Gasteiger partial charge in [0.05, 0.1) is 29.3 Å². The van der Waals surface area contributed by atoms with Gasteiger partial charge in [-0.15, -0.1) is 0 Å². The Kier molecular flexibility index (Phi) is 5.32. The zero-order valence-electron chi connectivity index (χ0n) is 16.8. The fourth-order valence-corrected chi connectivity index (χ4v) is 3.85. The number of carbonyl (C=O) groups is 1. The molecule has 0 fully saturated rings. The summed E-state index contributed by atoms with van der Waals surface area (Å²) >= 11 is 5.88. The van der Waals surface area contributed by atoms with Crippen LogP contribution in [0.5, 0.6) is 0 Å². The lowest BCUT2D eigenvalue weighted by molar-refractivity contribution is 0.143. The highest BCUT2D eigenvalue weighted by Crippen LogP contribution is 2.32. The molecule has 0 saturated heterocycles. The molecule has 2 N–H and O–H groups in total. The predicted molar refractivity (Wildman–Crippen MR) is 114 cm³/mol. The molecule has 0 spiro atoms. The predicted octanol–water partition coefficient (Wildman–Crippen LogP) is 4.26. The quantitative estimate of drug-likeness (QED) is 0.482. The van der Waals surface area contributed by atoms with Crippen LogP contribution in [0.2, 0.25) is 5.02 Å². The van der Waals surface area contributed by atoms with Crippen molar-refractivity contribution < 1.29 is 13.7 Å². The highest BCUT2D eigenvalue weighted by molar-refractivity contribution is 6.31. The first-order chi connectivity index (χ1) is 15.6. The van der Waals surface area contributed by atoms with E-state index < -0.39 is 11.9 Å². The summed E-state index contributed by atoms with van der Waals surface area (Å²) in [6.07, 6.45) is 2.02. The Labute approximate surface area is 187 Å². The van der Waals surface area contributed by atoms with Gasteiger partial charge in [-0.2, -0.15) is 4.98 Å². The second-order valence-corrected chi connectivity index (χ2v) is 7.81. The van der Waals surface area contributed by atoms with Crippen molar-refractivity contribution >= 4 is 17.6 Å². The molecule has 3 heterocycles. The topological polar surface area (TPSA) is 99.9 Å². The molecule has 1 atom stereocenters. The van der Waals surface area contributed by atoms with Crippen LogP contribution in [0, 0.1) is 5.82 Å². The molecule has 1 unspecified atom stereocenters. The molecule has 1 aliphatic heterocycles. The van der Waals surface area contributed by atoms with E-state index in [0.29, 0.717) is 25.1 Å². The van der Waals surface area contributed by atoms with E-state index in [4.69, 9.17) is 16.1 Å². The summed E-state index contributed by atoms with van der Waals surface area (Å²) in [6.45, 7) is 0.711. The second kappa shape index (κ2) is 8.43. The maximum Gasteiger partial charge on any atom is 0.318 e. The molecular weight excluding hydrogens is 435 g/mol. The van der Waals surface area contributed by atoms with Crippen LogP contribution in [0.15, 0.2) is 59.4 Å². The molecule has 0 radical (unpaired) electrons. The van der Waals surface area contributed by atoms with E-state index in [1.807, 2.05) is 30.3 Å².